The minimum absolute atomic E-state index is 0.0186. The van der Waals surface area contributed by atoms with Gasteiger partial charge in [-0.2, -0.15) is 0 Å². The van der Waals surface area contributed by atoms with Crippen LogP contribution in [-0.4, -0.2) is 26.8 Å². The van der Waals surface area contributed by atoms with Crippen LogP contribution in [-0.2, 0) is 6.54 Å². The lowest BCUT2D eigenvalue weighted by molar-refractivity contribution is 0.101. The van der Waals surface area contributed by atoms with E-state index in [4.69, 9.17) is 0 Å². The maximum absolute atomic E-state index is 13.3. The van der Waals surface area contributed by atoms with E-state index in [1.807, 2.05) is 18.3 Å². The Morgan fingerprint density at radius 1 is 1.19 bits per heavy atom. The molecule has 1 N–H and O–H groups in total. The highest BCUT2D eigenvalue weighted by Crippen LogP contribution is 2.41. The minimum Gasteiger partial charge on any atom is -0.308 e. The fraction of sp³-hybridized carbons (Fsp3) is 0.250. The van der Waals surface area contributed by atoms with Crippen molar-refractivity contribution in [2.75, 3.05) is 0 Å². The SMILES string of the molecule is CC(=O)c1ccc(-n2cc(CN[C@@H]3C[C@H]3c3ccc(F)c(F)c3)nn2)cc1. The summed E-state index contributed by atoms with van der Waals surface area (Å²) in [4.78, 5) is 11.3. The third-order valence-electron chi connectivity index (χ3n) is 4.79. The van der Waals surface area contributed by atoms with E-state index in [0.717, 1.165) is 23.4 Å². The van der Waals surface area contributed by atoms with E-state index in [1.165, 1.54) is 19.1 Å². The maximum atomic E-state index is 13.3. The minimum atomic E-state index is -0.822. The Kier molecular flexibility index (Phi) is 4.53. The van der Waals surface area contributed by atoms with Crippen LogP contribution >= 0.6 is 0 Å². The lowest BCUT2D eigenvalue weighted by Crippen LogP contribution is -2.17. The molecule has 2 atom stereocenters. The second-order valence-electron chi connectivity index (χ2n) is 6.76. The van der Waals surface area contributed by atoms with Crippen molar-refractivity contribution in [1.29, 1.82) is 0 Å². The molecule has 1 heterocycles. The summed E-state index contributed by atoms with van der Waals surface area (Å²) in [7, 11) is 0. The van der Waals surface area contributed by atoms with Gasteiger partial charge in [-0.3, -0.25) is 4.79 Å². The summed E-state index contributed by atoms with van der Waals surface area (Å²) in [6, 6.07) is 11.4. The summed E-state index contributed by atoms with van der Waals surface area (Å²) in [6.45, 7) is 2.07. The molecule has 4 rings (SSSR count). The molecule has 0 bridgehead atoms. The second-order valence-corrected chi connectivity index (χ2v) is 6.76. The number of nitrogens with zero attached hydrogens (tertiary/aromatic N) is 3. The summed E-state index contributed by atoms with van der Waals surface area (Å²) in [5.74, 6) is -1.42. The first-order chi connectivity index (χ1) is 13.0. The number of benzene rings is 2. The third-order valence-corrected chi connectivity index (χ3v) is 4.79. The van der Waals surface area contributed by atoms with Gasteiger partial charge < -0.3 is 5.32 Å². The summed E-state index contributed by atoms with van der Waals surface area (Å²) >= 11 is 0. The monoisotopic (exact) mass is 368 g/mol. The van der Waals surface area contributed by atoms with Crippen LogP contribution in [0.4, 0.5) is 8.78 Å². The Morgan fingerprint density at radius 3 is 2.67 bits per heavy atom. The first-order valence-corrected chi connectivity index (χ1v) is 8.72. The Bertz CT molecular complexity index is 984. The van der Waals surface area contributed by atoms with Crippen LogP contribution in [0.5, 0.6) is 0 Å². The van der Waals surface area contributed by atoms with Crippen LogP contribution in [0.3, 0.4) is 0 Å². The molecule has 1 saturated carbocycles. The molecule has 27 heavy (non-hydrogen) atoms. The van der Waals surface area contributed by atoms with Gasteiger partial charge >= 0.3 is 0 Å². The predicted molar refractivity (Wildman–Crippen MR) is 95.7 cm³/mol. The molecule has 0 aliphatic heterocycles. The van der Waals surface area contributed by atoms with Gasteiger partial charge in [0.15, 0.2) is 17.4 Å². The lowest BCUT2D eigenvalue weighted by Gasteiger charge is -2.03. The number of hydrogen-bond donors (Lipinski definition) is 1. The van der Waals surface area contributed by atoms with E-state index in [9.17, 15) is 13.6 Å². The summed E-state index contributed by atoms with van der Waals surface area (Å²) in [5, 5.41) is 11.6. The quantitative estimate of drug-likeness (QED) is 0.678. The van der Waals surface area contributed by atoms with Gasteiger partial charge in [-0.1, -0.05) is 11.3 Å². The molecule has 0 unspecified atom stereocenters. The topological polar surface area (TPSA) is 59.8 Å². The van der Waals surface area contributed by atoms with Gasteiger partial charge in [-0.05, 0) is 55.3 Å². The van der Waals surface area contributed by atoms with Crippen molar-refractivity contribution in [3.63, 3.8) is 0 Å². The Morgan fingerprint density at radius 2 is 1.96 bits per heavy atom. The Labute approximate surface area is 155 Å². The van der Waals surface area contributed by atoms with E-state index in [-0.39, 0.29) is 17.7 Å². The molecule has 1 fully saturated rings. The summed E-state index contributed by atoms with van der Waals surface area (Å²) in [5.41, 5.74) is 3.06. The molecule has 7 heteroatoms. The molecule has 1 aromatic heterocycles. The molecule has 0 amide bonds. The number of aromatic nitrogens is 3. The molecule has 1 aliphatic carbocycles. The van der Waals surface area contributed by atoms with Gasteiger partial charge in [0.25, 0.3) is 0 Å². The number of halogens is 2. The van der Waals surface area contributed by atoms with Crippen LogP contribution in [0.15, 0.2) is 48.7 Å². The van der Waals surface area contributed by atoms with E-state index in [2.05, 4.69) is 15.6 Å². The molecular formula is C20H18F2N4O. The normalized spacial score (nSPS) is 18.5. The van der Waals surface area contributed by atoms with E-state index in [1.54, 1.807) is 22.9 Å². The highest BCUT2D eigenvalue weighted by molar-refractivity contribution is 5.94. The van der Waals surface area contributed by atoms with Gasteiger partial charge in [-0.15, -0.1) is 5.10 Å². The van der Waals surface area contributed by atoms with E-state index < -0.39 is 11.6 Å². The number of Topliss-reactive ketones (excluding diaryl/α,β-unsaturated/α-hetero) is 1. The second kappa shape index (κ2) is 7.00. The van der Waals surface area contributed by atoms with Gasteiger partial charge in [0.2, 0.25) is 0 Å². The van der Waals surface area contributed by atoms with E-state index >= 15 is 0 Å². The Balaban J connectivity index is 1.35. The predicted octanol–water partition coefficient (Wildman–Crippen LogP) is 3.39. The van der Waals surface area contributed by atoms with Crippen LogP contribution in [0, 0.1) is 11.6 Å². The molecule has 0 radical (unpaired) electrons. The number of nitrogens with one attached hydrogen (secondary N) is 1. The standard InChI is InChI=1S/C20H18F2N4O/c1-12(27)13-2-5-16(6-3-13)26-11-15(24-25-26)10-23-20-9-17(20)14-4-7-18(21)19(22)8-14/h2-8,11,17,20,23H,9-10H2,1H3/t17-,20+/m0/s1. The first-order valence-electron chi connectivity index (χ1n) is 8.72. The lowest BCUT2D eigenvalue weighted by atomic mass is 10.1. The van der Waals surface area contributed by atoms with Crippen LogP contribution in [0.25, 0.3) is 5.69 Å². The zero-order valence-electron chi connectivity index (χ0n) is 14.7. The largest absolute Gasteiger partial charge is 0.308 e. The molecule has 1 aliphatic rings. The van der Waals surface area contributed by atoms with Crippen LogP contribution in [0.2, 0.25) is 0 Å². The maximum Gasteiger partial charge on any atom is 0.159 e. The Hall–Kier alpha value is -2.93. The number of ketones is 1. The fourth-order valence-electron chi connectivity index (χ4n) is 3.12. The summed E-state index contributed by atoms with van der Waals surface area (Å²) < 4.78 is 28.0. The molecule has 3 aromatic rings. The van der Waals surface area contributed by atoms with Crippen molar-refractivity contribution < 1.29 is 13.6 Å². The first kappa shape index (κ1) is 17.5. The smallest absolute Gasteiger partial charge is 0.159 e. The molecule has 0 saturated heterocycles. The zero-order chi connectivity index (χ0) is 19.0. The summed E-state index contributed by atoms with van der Waals surface area (Å²) in [6.07, 6.45) is 2.70. The highest BCUT2D eigenvalue weighted by Gasteiger charge is 2.38. The van der Waals surface area contributed by atoms with Crippen LogP contribution < -0.4 is 5.32 Å². The zero-order valence-corrected chi connectivity index (χ0v) is 14.7. The number of rotatable bonds is 6. The number of hydrogen-bond acceptors (Lipinski definition) is 4. The average Bonchev–Trinajstić information content (AvgIpc) is 3.29. The molecule has 138 valence electrons. The van der Waals surface area contributed by atoms with Crippen molar-refractivity contribution in [3.8, 4) is 5.69 Å². The van der Waals surface area contributed by atoms with Crippen molar-refractivity contribution >= 4 is 5.78 Å². The van der Waals surface area contributed by atoms with Gasteiger partial charge in [-0.25, -0.2) is 13.5 Å². The van der Waals surface area contributed by atoms with Gasteiger partial charge in [0, 0.05) is 24.1 Å². The molecular weight excluding hydrogens is 350 g/mol. The average molecular weight is 368 g/mol. The van der Waals surface area contributed by atoms with Crippen molar-refractivity contribution in [2.45, 2.75) is 31.8 Å². The fourth-order valence-corrected chi connectivity index (χ4v) is 3.12. The number of carbonyl (C=O) groups excluding carboxylic acids is 1. The third kappa shape index (κ3) is 3.78. The van der Waals surface area contributed by atoms with Crippen molar-refractivity contribution in [1.82, 2.24) is 20.3 Å². The highest BCUT2D eigenvalue weighted by atomic mass is 19.2. The van der Waals surface area contributed by atoms with Crippen LogP contribution in [0.1, 0.15) is 40.9 Å². The van der Waals surface area contributed by atoms with Gasteiger partial charge in [0.05, 0.1) is 17.6 Å². The van der Waals surface area contributed by atoms with Crippen molar-refractivity contribution in [2.24, 2.45) is 0 Å². The van der Waals surface area contributed by atoms with Crippen molar-refractivity contribution in [3.05, 3.63) is 77.1 Å². The number of carbonyl (C=O) groups is 1. The molecule has 5 nitrogen and oxygen atoms in total. The molecule has 2 aromatic carbocycles. The van der Waals surface area contributed by atoms with Gasteiger partial charge in [0.1, 0.15) is 0 Å². The van der Waals surface area contributed by atoms with E-state index in [0.29, 0.717) is 12.1 Å². The molecule has 0 spiro atoms.